The van der Waals surface area contributed by atoms with Gasteiger partial charge >= 0.3 is 5.97 Å². The first kappa shape index (κ1) is 20.8. The summed E-state index contributed by atoms with van der Waals surface area (Å²) in [5.74, 6) is -4.74. The first-order valence-corrected chi connectivity index (χ1v) is 8.58. The third kappa shape index (κ3) is 4.41. The average Bonchev–Trinajstić information content (AvgIpc) is 3.33. The number of amides is 2. The summed E-state index contributed by atoms with van der Waals surface area (Å²) in [6.45, 7) is 5.18. The number of hydrogen-bond acceptors (Lipinski definition) is 4. The Labute approximate surface area is 155 Å². The van der Waals surface area contributed by atoms with Crippen LogP contribution < -0.4 is 10.6 Å². The van der Waals surface area contributed by atoms with Gasteiger partial charge in [0.1, 0.15) is 23.4 Å². The zero-order valence-electron chi connectivity index (χ0n) is 15.2. The molecular formula is C18H22F2N2O5. The minimum absolute atomic E-state index is 0.0259. The van der Waals surface area contributed by atoms with Crippen molar-refractivity contribution >= 4 is 23.5 Å². The van der Waals surface area contributed by atoms with Crippen molar-refractivity contribution in [2.45, 2.75) is 51.4 Å². The molecule has 7 nitrogen and oxygen atoms in total. The van der Waals surface area contributed by atoms with Gasteiger partial charge in [0.25, 0.3) is 5.91 Å². The van der Waals surface area contributed by atoms with E-state index in [0.29, 0.717) is 0 Å². The summed E-state index contributed by atoms with van der Waals surface area (Å²) < 4.78 is 32.5. The van der Waals surface area contributed by atoms with Crippen molar-refractivity contribution in [3.05, 3.63) is 29.8 Å². The van der Waals surface area contributed by atoms with E-state index in [1.165, 1.54) is 0 Å². The van der Waals surface area contributed by atoms with Gasteiger partial charge in [-0.15, -0.1) is 0 Å². The maximum atomic E-state index is 13.7. The van der Waals surface area contributed by atoms with E-state index in [2.05, 4.69) is 10.6 Å². The number of carboxylic acid groups (broad SMARTS) is 1. The fourth-order valence-corrected chi connectivity index (χ4v) is 2.80. The second kappa shape index (κ2) is 7.99. The van der Waals surface area contributed by atoms with E-state index in [1.807, 2.05) is 0 Å². The van der Waals surface area contributed by atoms with Crippen molar-refractivity contribution < 1.29 is 33.0 Å². The molecule has 0 bridgehead atoms. The number of anilines is 1. The van der Waals surface area contributed by atoms with Crippen LogP contribution in [0, 0.1) is 17.6 Å². The molecule has 3 N–H and O–H groups in total. The highest BCUT2D eigenvalue weighted by Crippen LogP contribution is 2.40. The largest absolute Gasteiger partial charge is 0.479 e. The van der Waals surface area contributed by atoms with E-state index in [0.717, 1.165) is 18.2 Å². The van der Waals surface area contributed by atoms with E-state index in [1.54, 1.807) is 20.8 Å². The molecule has 2 rings (SSSR count). The van der Waals surface area contributed by atoms with Crippen LogP contribution in [0.1, 0.15) is 33.6 Å². The first-order chi connectivity index (χ1) is 12.6. The Balaban J connectivity index is 2.12. The number of benzene rings is 1. The Morgan fingerprint density at radius 1 is 1.26 bits per heavy atom. The van der Waals surface area contributed by atoms with Gasteiger partial charge in [0, 0.05) is 0 Å². The van der Waals surface area contributed by atoms with Crippen molar-refractivity contribution in [3.8, 4) is 0 Å². The number of carboxylic acids is 1. The standard InChI is InChI=1S/C18H22F2N2O5/c1-4-18(17(25)26)14(27-18)16(24)21-12(8-9(2)3)15(23)22-13-10(19)6-5-7-11(13)20/h5-7,9,12,14H,4,8H2,1-3H3,(H,21,24)(H,22,23)(H,25,26)/t12-,14-,18+/m0/s1. The molecule has 1 fully saturated rings. The van der Waals surface area contributed by atoms with E-state index in [-0.39, 0.29) is 18.8 Å². The minimum atomic E-state index is -1.60. The Hall–Kier alpha value is -2.55. The molecule has 1 aliphatic heterocycles. The number of halogens is 2. The van der Waals surface area contributed by atoms with Gasteiger partial charge in [-0.3, -0.25) is 9.59 Å². The van der Waals surface area contributed by atoms with Crippen LogP contribution in [0.15, 0.2) is 18.2 Å². The lowest BCUT2D eigenvalue weighted by molar-refractivity contribution is -0.143. The third-order valence-corrected chi connectivity index (χ3v) is 4.37. The molecule has 27 heavy (non-hydrogen) atoms. The molecule has 1 saturated heterocycles. The summed E-state index contributed by atoms with van der Waals surface area (Å²) in [5, 5.41) is 13.8. The zero-order valence-corrected chi connectivity index (χ0v) is 15.2. The summed E-state index contributed by atoms with van der Waals surface area (Å²) in [5.41, 5.74) is -2.21. The van der Waals surface area contributed by atoms with Gasteiger partial charge in [0.05, 0.1) is 0 Å². The van der Waals surface area contributed by atoms with Gasteiger partial charge in [0.2, 0.25) is 11.5 Å². The lowest BCUT2D eigenvalue weighted by Gasteiger charge is -2.20. The lowest BCUT2D eigenvalue weighted by atomic mass is 10.00. The van der Waals surface area contributed by atoms with Crippen molar-refractivity contribution in [2.24, 2.45) is 5.92 Å². The number of carbonyl (C=O) groups is 3. The van der Waals surface area contributed by atoms with Crippen LogP contribution in [-0.2, 0) is 19.1 Å². The average molecular weight is 384 g/mol. The highest BCUT2D eigenvalue weighted by atomic mass is 19.1. The maximum Gasteiger partial charge on any atom is 0.339 e. The van der Waals surface area contributed by atoms with Crippen LogP contribution in [0.3, 0.4) is 0 Å². The van der Waals surface area contributed by atoms with Crippen LogP contribution in [0.4, 0.5) is 14.5 Å². The van der Waals surface area contributed by atoms with Crippen LogP contribution in [0.5, 0.6) is 0 Å². The molecule has 1 aromatic carbocycles. The first-order valence-electron chi connectivity index (χ1n) is 8.58. The number of rotatable bonds is 8. The molecule has 0 aromatic heterocycles. The summed E-state index contributed by atoms with van der Waals surface area (Å²) in [6, 6.07) is 2.04. The molecule has 2 amide bonds. The van der Waals surface area contributed by atoms with Crippen molar-refractivity contribution in [1.82, 2.24) is 5.32 Å². The SMILES string of the molecule is CC[C@@]1(C(=O)O)O[C@H]1C(=O)N[C@@H](CC(C)C)C(=O)Nc1c(F)cccc1F. The van der Waals surface area contributed by atoms with Crippen molar-refractivity contribution in [1.29, 1.82) is 0 Å². The second-order valence-corrected chi connectivity index (χ2v) is 6.82. The van der Waals surface area contributed by atoms with Gasteiger partial charge in [-0.25, -0.2) is 13.6 Å². The van der Waals surface area contributed by atoms with E-state index in [4.69, 9.17) is 4.74 Å². The molecule has 0 radical (unpaired) electrons. The molecule has 148 valence electrons. The molecule has 1 aromatic rings. The number of nitrogens with one attached hydrogen (secondary N) is 2. The van der Waals surface area contributed by atoms with Crippen LogP contribution >= 0.6 is 0 Å². The zero-order chi connectivity index (χ0) is 20.4. The summed E-state index contributed by atoms with van der Waals surface area (Å²) in [6.07, 6.45) is -0.943. The smallest absolute Gasteiger partial charge is 0.339 e. The molecule has 0 saturated carbocycles. The highest BCUT2D eigenvalue weighted by Gasteiger charge is 2.65. The highest BCUT2D eigenvalue weighted by molar-refractivity contribution is 6.00. The predicted molar refractivity (Wildman–Crippen MR) is 91.9 cm³/mol. The molecule has 9 heteroatoms. The third-order valence-electron chi connectivity index (χ3n) is 4.37. The van der Waals surface area contributed by atoms with Gasteiger partial charge in [-0.05, 0) is 30.9 Å². The number of ether oxygens (including phenoxy) is 1. The normalized spacial score (nSPS) is 22.2. The Morgan fingerprint density at radius 3 is 2.30 bits per heavy atom. The summed E-state index contributed by atoms with van der Waals surface area (Å²) in [7, 11) is 0. The molecule has 1 heterocycles. The number of hydrogen-bond donors (Lipinski definition) is 3. The Kier molecular flexibility index (Phi) is 6.15. The number of epoxide rings is 1. The Morgan fingerprint density at radius 2 is 1.85 bits per heavy atom. The van der Waals surface area contributed by atoms with E-state index < -0.39 is 52.9 Å². The van der Waals surface area contributed by atoms with E-state index in [9.17, 15) is 28.3 Å². The summed E-state index contributed by atoms with van der Waals surface area (Å²) >= 11 is 0. The maximum absolute atomic E-state index is 13.7. The fraction of sp³-hybridized carbons (Fsp3) is 0.500. The molecule has 0 unspecified atom stereocenters. The van der Waals surface area contributed by atoms with Gasteiger partial charge in [-0.1, -0.05) is 26.8 Å². The van der Waals surface area contributed by atoms with Crippen LogP contribution in [0.25, 0.3) is 0 Å². The van der Waals surface area contributed by atoms with Crippen molar-refractivity contribution in [3.63, 3.8) is 0 Å². The number of para-hydroxylation sites is 1. The van der Waals surface area contributed by atoms with Crippen LogP contribution in [0.2, 0.25) is 0 Å². The number of carbonyl (C=O) groups excluding carboxylic acids is 2. The minimum Gasteiger partial charge on any atom is -0.479 e. The topological polar surface area (TPSA) is 108 Å². The van der Waals surface area contributed by atoms with E-state index >= 15 is 0 Å². The summed E-state index contributed by atoms with van der Waals surface area (Å²) in [4.78, 5) is 36.1. The Bertz CT molecular complexity index is 735. The monoisotopic (exact) mass is 384 g/mol. The number of aliphatic carboxylic acids is 1. The van der Waals surface area contributed by atoms with Crippen LogP contribution in [-0.4, -0.2) is 40.6 Å². The van der Waals surface area contributed by atoms with Gasteiger partial charge < -0.3 is 20.5 Å². The fourth-order valence-electron chi connectivity index (χ4n) is 2.80. The molecule has 0 aliphatic carbocycles. The molecule has 3 atom stereocenters. The molecule has 1 aliphatic rings. The molecular weight excluding hydrogens is 362 g/mol. The quantitative estimate of drug-likeness (QED) is 0.595. The lowest BCUT2D eigenvalue weighted by Crippen LogP contribution is -2.48. The van der Waals surface area contributed by atoms with Gasteiger partial charge in [-0.2, -0.15) is 0 Å². The van der Waals surface area contributed by atoms with Gasteiger partial charge in [0.15, 0.2) is 6.10 Å². The van der Waals surface area contributed by atoms with Crippen molar-refractivity contribution in [2.75, 3.05) is 5.32 Å². The molecule has 0 spiro atoms. The predicted octanol–water partition coefficient (Wildman–Crippen LogP) is 2.07. The second-order valence-electron chi connectivity index (χ2n) is 6.82.